The van der Waals surface area contributed by atoms with Crippen LogP contribution in [0.4, 0.5) is 34.1 Å². The van der Waals surface area contributed by atoms with Gasteiger partial charge in [0.2, 0.25) is 0 Å². The second kappa shape index (κ2) is 22.5. The second-order valence-corrected chi connectivity index (χ2v) is 29.0. The lowest BCUT2D eigenvalue weighted by molar-refractivity contribution is 0.590. The Balaban J connectivity index is 1.10. The fourth-order valence-corrected chi connectivity index (χ4v) is 13.3. The van der Waals surface area contributed by atoms with E-state index in [1.807, 2.05) is 0 Å². The summed E-state index contributed by atoms with van der Waals surface area (Å²) < 4.78 is 0. The maximum atomic E-state index is 5.77. The van der Waals surface area contributed by atoms with Gasteiger partial charge in [-0.15, -0.1) is 0 Å². The SMILES string of the molecule is CC(C)(C)c1ccc(N2c3ccc(C(C)(C)C)cc3B3c4cc(C(C)(C)C)ccc4N(c4ccc(C(C)(C)C)cc4)c4cc(-c5nc(-c6cc(-c7ccccc7)cc(-c7ccccc7)c6)nc(-c6cc(-c7ccccc7)cc(-c7ccccc7)c6)n5)cc2c43)cc1. The highest BCUT2D eigenvalue weighted by molar-refractivity contribution is 7.00. The van der Waals surface area contributed by atoms with E-state index in [9.17, 15) is 0 Å². The molecular weight excluding hydrogens is 1100 g/mol. The number of hydrogen-bond donors (Lipinski definition) is 0. The molecule has 0 atom stereocenters. The summed E-state index contributed by atoms with van der Waals surface area (Å²) in [5, 5.41) is 0. The van der Waals surface area contributed by atoms with Crippen LogP contribution in [0.15, 0.2) is 255 Å². The summed E-state index contributed by atoms with van der Waals surface area (Å²) in [6.45, 7) is 27.6. The molecule has 12 aromatic rings. The zero-order valence-corrected chi connectivity index (χ0v) is 54.6. The van der Waals surface area contributed by atoms with Crippen molar-refractivity contribution < 1.29 is 0 Å². The Bertz CT molecular complexity index is 4290. The van der Waals surface area contributed by atoms with Crippen LogP contribution >= 0.6 is 0 Å². The van der Waals surface area contributed by atoms with Gasteiger partial charge in [0, 0.05) is 50.8 Å². The van der Waals surface area contributed by atoms with Crippen LogP contribution in [0.3, 0.4) is 0 Å². The molecule has 0 radical (unpaired) electrons. The predicted octanol–water partition coefficient (Wildman–Crippen LogP) is 20.8. The molecule has 5 nitrogen and oxygen atoms in total. The molecule has 91 heavy (non-hydrogen) atoms. The highest BCUT2D eigenvalue weighted by Gasteiger charge is 2.45. The standard InChI is InChI=1S/C85H78BN5/c1-82(2,3)66-33-39-70(40-34-66)90-74-43-37-68(84(7,8)9)53-72(74)86-73-54-69(85(10,11)12)38-44-75(73)91(71-41-35-67(36-42-71)83(4,5)6)77-52-65(51-76(90)78(77)86)81-88-79(63-47-59(55-25-17-13-18-26-55)45-60(48-63)56-27-19-14-20-28-56)87-80(89-81)64-49-61(57-29-21-15-22-30-57)46-62(50-64)58-31-23-16-24-32-58/h13-54H,1-12H3. The van der Waals surface area contributed by atoms with Crippen molar-refractivity contribution in [1.82, 2.24) is 15.0 Å². The molecule has 3 heterocycles. The van der Waals surface area contributed by atoms with Crippen LogP contribution in [-0.4, -0.2) is 21.7 Å². The van der Waals surface area contributed by atoms with Crippen LogP contribution < -0.4 is 26.2 Å². The largest absolute Gasteiger partial charge is 0.311 e. The Kier molecular flexibility index (Phi) is 14.6. The summed E-state index contributed by atoms with van der Waals surface area (Å²) in [5.74, 6) is 1.73. The third-order valence-corrected chi connectivity index (χ3v) is 18.5. The summed E-state index contributed by atoms with van der Waals surface area (Å²) in [6.07, 6.45) is 0. The normalized spacial score (nSPS) is 13.0. The lowest BCUT2D eigenvalue weighted by Gasteiger charge is -2.45. The highest BCUT2D eigenvalue weighted by Crippen LogP contribution is 2.48. The monoisotopic (exact) mass is 1180 g/mol. The lowest BCUT2D eigenvalue weighted by Crippen LogP contribution is -2.61. The number of anilines is 6. The summed E-state index contributed by atoms with van der Waals surface area (Å²) in [5.41, 5.74) is 26.7. The molecule has 11 aromatic carbocycles. The first kappa shape index (κ1) is 58.8. The molecule has 1 aromatic heterocycles. The van der Waals surface area contributed by atoms with Crippen molar-refractivity contribution in [2.45, 2.75) is 105 Å². The van der Waals surface area contributed by atoms with Crippen LogP contribution in [0.2, 0.25) is 0 Å². The number of nitrogens with zero attached hydrogens (tertiary/aromatic N) is 5. The second-order valence-electron chi connectivity index (χ2n) is 29.0. The van der Waals surface area contributed by atoms with Crippen molar-refractivity contribution in [3.63, 3.8) is 0 Å². The lowest BCUT2D eigenvalue weighted by atomic mass is 9.33. The summed E-state index contributed by atoms with van der Waals surface area (Å²) in [4.78, 5) is 22.2. The van der Waals surface area contributed by atoms with Gasteiger partial charge in [0.05, 0.1) is 0 Å². The van der Waals surface area contributed by atoms with Crippen LogP contribution in [0, 0.1) is 0 Å². The van der Waals surface area contributed by atoms with Crippen LogP contribution in [0.25, 0.3) is 78.7 Å². The van der Waals surface area contributed by atoms with Gasteiger partial charge < -0.3 is 9.80 Å². The molecule has 0 N–H and O–H groups in total. The number of rotatable bonds is 9. The predicted molar refractivity (Wildman–Crippen MR) is 387 cm³/mol. The zero-order valence-electron chi connectivity index (χ0n) is 54.6. The van der Waals surface area contributed by atoms with Gasteiger partial charge in [-0.1, -0.05) is 253 Å². The van der Waals surface area contributed by atoms with Gasteiger partial charge in [0.25, 0.3) is 6.71 Å². The van der Waals surface area contributed by atoms with E-state index in [0.717, 1.165) is 95.3 Å². The minimum Gasteiger partial charge on any atom is -0.311 e. The minimum atomic E-state index is -0.123. The van der Waals surface area contributed by atoms with Gasteiger partial charge in [-0.05, 0) is 190 Å². The topological polar surface area (TPSA) is 45.2 Å². The summed E-state index contributed by atoms with van der Waals surface area (Å²) in [6, 6.07) is 94.0. The smallest absolute Gasteiger partial charge is 0.252 e. The molecule has 0 saturated heterocycles. The third kappa shape index (κ3) is 11.3. The molecule has 0 amide bonds. The fraction of sp³-hybridized carbons (Fsp3) is 0.188. The molecule has 6 heteroatoms. The molecule has 0 spiro atoms. The Morgan fingerprint density at radius 3 is 0.791 bits per heavy atom. The average molecular weight is 1180 g/mol. The number of benzene rings is 11. The van der Waals surface area contributed by atoms with Crippen molar-refractivity contribution in [3.8, 4) is 78.7 Å². The molecule has 0 unspecified atom stereocenters. The fourth-order valence-electron chi connectivity index (χ4n) is 13.3. The Labute approximate surface area is 539 Å². The quantitative estimate of drug-likeness (QED) is 0.135. The first-order valence-electron chi connectivity index (χ1n) is 32.2. The van der Waals surface area contributed by atoms with Crippen molar-refractivity contribution >= 4 is 57.2 Å². The highest BCUT2D eigenvalue weighted by atomic mass is 15.2. The minimum absolute atomic E-state index is 0.0410. The van der Waals surface area contributed by atoms with Crippen molar-refractivity contribution in [2.24, 2.45) is 0 Å². The molecule has 2 aliphatic rings. The molecule has 2 aliphatic heterocycles. The van der Waals surface area contributed by atoms with E-state index in [2.05, 4.69) is 348 Å². The molecule has 0 saturated carbocycles. The van der Waals surface area contributed by atoms with E-state index in [1.54, 1.807) is 0 Å². The number of aromatic nitrogens is 3. The van der Waals surface area contributed by atoms with Gasteiger partial charge in [-0.25, -0.2) is 15.0 Å². The van der Waals surface area contributed by atoms with Crippen LogP contribution in [-0.2, 0) is 21.7 Å². The maximum absolute atomic E-state index is 5.77. The van der Waals surface area contributed by atoms with E-state index in [-0.39, 0.29) is 28.4 Å². The Morgan fingerprint density at radius 1 is 0.242 bits per heavy atom. The van der Waals surface area contributed by atoms with Gasteiger partial charge in [-0.3, -0.25) is 0 Å². The van der Waals surface area contributed by atoms with E-state index in [4.69, 9.17) is 15.0 Å². The van der Waals surface area contributed by atoms with Crippen molar-refractivity contribution in [3.05, 3.63) is 277 Å². The van der Waals surface area contributed by atoms with Gasteiger partial charge in [0.1, 0.15) is 0 Å². The first-order chi connectivity index (χ1) is 43.6. The Hall–Kier alpha value is -9.91. The molecule has 0 aliphatic carbocycles. The van der Waals surface area contributed by atoms with Gasteiger partial charge in [0.15, 0.2) is 17.5 Å². The van der Waals surface area contributed by atoms with E-state index >= 15 is 0 Å². The van der Waals surface area contributed by atoms with Crippen molar-refractivity contribution in [1.29, 1.82) is 0 Å². The van der Waals surface area contributed by atoms with Gasteiger partial charge in [-0.2, -0.15) is 0 Å². The Morgan fingerprint density at radius 2 is 0.505 bits per heavy atom. The molecule has 0 fully saturated rings. The van der Waals surface area contributed by atoms with Crippen LogP contribution in [0.5, 0.6) is 0 Å². The molecule has 446 valence electrons. The van der Waals surface area contributed by atoms with E-state index in [0.29, 0.717) is 17.5 Å². The van der Waals surface area contributed by atoms with E-state index < -0.39 is 0 Å². The van der Waals surface area contributed by atoms with Crippen molar-refractivity contribution in [2.75, 3.05) is 9.80 Å². The molecule has 0 bridgehead atoms. The maximum Gasteiger partial charge on any atom is 0.252 e. The molecule has 14 rings (SSSR count). The average Bonchev–Trinajstić information content (AvgIpc) is 0.697. The zero-order chi connectivity index (χ0) is 63.1. The third-order valence-electron chi connectivity index (χ3n) is 18.5. The molecular formula is C85H78BN5. The summed E-state index contributed by atoms with van der Waals surface area (Å²) >= 11 is 0. The first-order valence-corrected chi connectivity index (χ1v) is 32.2. The van der Waals surface area contributed by atoms with Crippen LogP contribution in [0.1, 0.15) is 105 Å². The van der Waals surface area contributed by atoms with E-state index in [1.165, 1.54) is 38.6 Å². The van der Waals surface area contributed by atoms with Gasteiger partial charge >= 0.3 is 0 Å². The summed E-state index contributed by atoms with van der Waals surface area (Å²) in [7, 11) is 0. The number of fused-ring (bicyclic) bond motifs is 4. The number of hydrogen-bond acceptors (Lipinski definition) is 5.